The van der Waals surface area contributed by atoms with Gasteiger partial charge in [0.15, 0.2) is 0 Å². The van der Waals surface area contributed by atoms with Gasteiger partial charge in [0.2, 0.25) is 20.0 Å². The number of rotatable bonds is 6. The Morgan fingerprint density at radius 2 is 1.61 bits per heavy atom. The average molecular weight is 475 g/mol. The van der Waals surface area contributed by atoms with E-state index in [4.69, 9.17) is 4.74 Å². The molecular formula is C19H30N4O6S2. The molecule has 2 fully saturated rings. The van der Waals surface area contributed by atoms with Crippen molar-refractivity contribution in [3.8, 4) is 0 Å². The molecule has 0 radical (unpaired) electrons. The van der Waals surface area contributed by atoms with Gasteiger partial charge in [-0.05, 0) is 31.0 Å². The fourth-order valence-electron chi connectivity index (χ4n) is 3.61. The van der Waals surface area contributed by atoms with Crippen molar-refractivity contribution in [2.75, 3.05) is 64.8 Å². The summed E-state index contributed by atoms with van der Waals surface area (Å²) in [6.07, 6.45) is 0. The van der Waals surface area contributed by atoms with E-state index in [-0.39, 0.29) is 44.5 Å². The van der Waals surface area contributed by atoms with Gasteiger partial charge in [0, 0.05) is 45.8 Å². The second-order valence-electron chi connectivity index (χ2n) is 7.72. The Morgan fingerprint density at radius 3 is 2.26 bits per heavy atom. The van der Waals surface area contributed by atoms with Crippen molar-refractivity contribution in [3.63, 3.8) is 0 Å². The third-order valence-corrected chi connectivity index (χ3v) is 9.40. The molecule has 2 aliphatic heterocycles. The zero-order valence-corrected chi connectivity index (χ0v) is 19.5. The summed E-state index contributed by atoms with van der Waals surface area (Å²) in [7, 11) is -7.08. The summed E-state index contributed by atoms with van der Waals surface area (Å²) in [6.45, 7) is 5.88. The maximum Gasteiger partial charge on any atom is 0.317 e. The van der Waals surface area contributed by atoms with E-state index < -0.39 is 20.0 Å². The number of amides is 2. The van der Waals surface area contributed by atoms with Gasteiger partial charge in [-0.15, -0.1) is 0 Å². The predicted octanol–water partition coefficient (Wildman–Crippen LogP) is -0.0187. The number of hydrogen-bond acceptors (Lipinski definition) is 6. The van der Waals surface area contributed by atoms with E-state index in [0.717, 1.165) is 5.56 Å². The summed E-state index contributed by atoms with van der Waals surface area (Å²) in [5.74, 6) is -0.181. The lowest BCUT2D eigenvalue weighted by atomic mass is 10.2. The molecule has 174 valence electrons. The molecular weight excluding hydrogens is 444 g/mol. The van der Waals surface area contributed by atoms with E-state index in [1.54, 1.807) is 19.1 Å². The van der Waals surface area contributed by atoms with Crippen LogP contribution in [-0.2, 0) is 24.8 Å². The monoisotopic (exact) mass is 474 g/mol. The Bertz CT molecular complexity index is 998. The lowest BCUT2D eigenvalue weighted by Gasteiger charge is -2.34. The van der Waals surface area contributed by atoms with Crippen LogP contribution in [0, 0.1) is 13.8 Å². The molecule has 2 amide bonds. The van der Waals surface area contributed by atoms with E-state index in [1.165, 1.54) is 13.5 Å². The van der Waals surface area contributed by atoms with E-state index in [9.17, 15) is 21.6 Å². The number of carbonyl (C=O) groups excluding carboxylic acids is 1. The molecule has 2 aliphatic rings. The summed E-state index contributed by atoms with van der Waals surface area (Å²) in [6, 6.07) is 4.94. The fourth-order valence-corrected chi connectivity index (χ4v) is 6.66. The summed E-state index contributed by atoms with van der Waals surface area (Å²) >= 11 is 0. The lowest BCUT2D eigenvalue weighted by molar-refractivity contribution is 0.0730. The van der Waals surface area contributed by atoms with Gasteiger partial charge in [0.05, 0.1) is 23.9 Å². The lowest BCUT2D eigenvalue weighted by Crippen LogP contribution is -2.53. The van der Waals surface area contributed by atoms with Gasteiger partial charge >= 0.3 is 6.03 Å². The first kappa shape index (κ1) is 23.9. The van der Waals surface area contributed by atoms with Crippen molar-refractivity contribution >= 4 is 26.1 Å². The van der Waals surface area contributed by atoms with Crippen LogP contribution in [0.4, 0.5) is 4.79 Å². The third kappa shape index (κ3) is 5.75. The first-order chi connectivity index (χ1) is 14.6. The molecule has 0 bridgehead atoms. The average Bonchev–Trinajstić information content (AvgIpc) is 2.76. The van der Waals surface area contributed by atoms with Gasteiger partial charge in [-0.1, -0.05) is 12.1 Å². The zero-order chi connectivity index (χ0) is 22.6. The molecule has 0 saturated carbocycles. The van der Waals surface area contributed by atoms with E-state index in [0.29, 0.717) is 36.8 Å². The quantitative estimate of drug-likeness (QED) is 0.620. The van der Waals surface area contributed by atoms with Crippen LogP contribution in [0.15, 0.2) is 23.1 Å². The summed E-state index contributed by atoms with van der Waals surface area (Å²) in [5.41, 5.74) is 1.56. The van der Waals surface area contributed by atoms with E-state index in [2.05, 4.69) is 5.32 Å². The minimum absolute atomic E-state index is 0.000473. The van der Waals surface area contributed by atoms with Gasteiger partial charge < -0.3 is 15.0 Å². The highest BCUT2D eigenvalue weighted by Gasteiger charge is 2.31. The van der Waals surface area contributed by atoms with Gasteiger partial charge in [-0.3, -0.25) is 0 Å². The van der Waals surface area contributed by atoms with Crippen LogP contribution in [0.3, 0.4) is 0 Å². The molecule has 0 unspecified atom stereocenters. The van der Waals surface area contributed by atoms with E-state index >= 15 is 0 Å². The highest BCUT2D eigenvalue weighted by atomic mass is 32.2. The van der Waals surface area contributed by atoms with Crippen LogP contribution in [-0.4, -0.2) is 101 Å². The predicted molar refractivity (Wildman–Crippen MR) is 116 cm³/mol. The number of hydrogen-bond donors (Lipinski definition) is 1. The maximum atomic E-state index is 13.0. The second kappa shape index (κ2) is 9.82. The minimum Gasteiger partial charge on any atom is -0.379 e. The maximum absolute atomic E-state index is 13.0. The number of carbonyl (C=O) groups is 1. The van der Waals surface area contributed by atoms with Crippen molar-refractivity contribution in [3.05, 3.63) is 29.3 Å². The van der Waals surface area contributed by atoms with Gasteiger partial charge in [-0.25, -0.2) is 21.6 Å². The number of piperazine rings is 1. The molecule has 12 heteroatoms. The summed E-state index contributed by atoms with van der Waals surface area (Å²) < 4.78 is 58.5. The Labute approximate surface area is 184 Å². The molecule has 31 heavy (non-hydrogen) atoms. The second-order valence-corrected chi connectivity index (χ2v) is 11.7. The molecule has 0 aromatic heterocycles. The third-order valence-electron chi connectivity index (χ3n) is 5.49. The van der Waals surface area contributed by atoms with Crippen LogP contribution >= 0.6 is 0 Å². The van der Waals surface area contributed by atoms with E-state index in [1.807, 2.05) is 13.0 Å². The SMILES string of the molecule is Cc1ccc(C)c(S(=O)(=O)N2CCN(C(=O)NCCS(=O)(=O)N3CCOCC3)CC2)c1. The zero-order valence-electron chi connectivity index (χ0n) is 17.9. The summed E-state index contributed by atoms with van der Waals surface area (Å²) in [4.78, 5) is 14.2. The number of morpholine rings is 1. The number of urea groups is 1. The highest BCUT2D eigenvalue weighted by molar-refractivity contribution is 7.89. The Kier molecular flexibility index (Phi) is 7.58. The van der Waals surface area contributed by atoms with Crippen LogP contribution in [0.5, 0.6) is 0 Å². The van der Waals surface area contributed by atoms with Crippen LogP contribution < -0.4 is 5.32 Å². The molecule has 0 spiro atoms. The highest BCUT2D eigenvalue weighted by Crippen LogP contribution is 2.22. The molecule has 3 rings (SSSR count). The molecule has 1 aromatic rings. The molecule has 10 nitrogen and oxygen atoms in total. The number of nitrogens with one attached hydrogen (secondary N) is 1. The van der Waals surface area contributed by atoms with Crippen LogP contribution in [0.25, 0.3) is 0 Å². The standard InChI is InChI=1S/C19H30N4O6S2/c1-16-3-4-17(2)18(15-16)31(27,28)23-8-6-21(7-9-23)19(24)20-5-14-30(25,26)22-10-12-29-13-11-22/h3-4,15H,5-14H2,1-2H3,(H,20,24). The van der Waals surface area contributed by atoms with Crippen LogP contribution in [0.2, 0.25) is 0 Å². The van der Waals surface area contributed by atoms with Crippen molar-refractivity contribution < 1.29 is 26.4 Å². The van der Waals surface area contributed by atoms with Crippen molar-refractivity contribution in [2.45, 2.75) is 18.7 Å². The molecule has 1 aromatic carbocycles. The number of ether oxygens (including phenoxy) is 1. The molecule has 2 heterocycles. The normalized spacial score (nSPS) is 19.4. The topological polar surface area (TPSA) is 116 Å². The number of benzene rings is 1. The molecule has 0 atom stereocenters. The number of aryl methyl sites for hydroxylation is 2. The first-order valence-corrected chi connectivity index (χ1v) is 13.3. The smallest absolute Gasteiger partial charge is 0.317 e. The molecule has 2 saturated heterocycles. The fraction of sp³-hybridized carbons (Fsp3) is 0.632. The van der Waals surface area contributed by atoms with Gasteiger partial charge in [0.1, 0.15) is 0 Å². The van der Waals surface area contributed by atoms with Crippen molar-refractivity contribution in [1.29, 1.82) is 0 Å². The van der Waals surface area contributed by atoms with Gasteiger partial charge in [0.25, 0.3) is 0 Å². The Morgan fingerprint density at radius 1 is 0.968 bits per heavy atom. The van der Waals surface area contributed by atoms with Crippen molar-refractivity contribution in [2.24, 2.45) is 0 Å². The summed E-state index contributed by atoms with van der Waals surface area (Å²) in [5, 5.41) is 2.63. The number of sulfonamides is 2. The number of nitrogens with zero attached hydrogens (tertiary/aromatic N) is 3. The van der Waals surface area contributed by atoms with Gasteiger partial charge in [-0.2, -0.15) is 8.61 Å². The Hall–Kier alpha value is -1.73. The molecule has 0 aliphatic carbocycles. The minimum atomic E-state index is -3.63. The van der Waals surface area contributed by atoms with Crippen molar-refractivity contribution in [1.82, 2.24) is 18.8 Å². The van der Waals surface area contributed by atoms with Crippen LogP contribution in [0.1, 0.15) is 11.1 Å². The largest absolute Gasteiger partial charge is 0.379 e. The molecule has 1 N–H and O–H groups in total. The Balaban J connectivity index is 1.50. The first-order valence-electron chi connectivity index (χ1n) is 10.3.